The Labute approximate surface area is 125 Å². The summed E-state index contributed by atoms with van der Waals surface area (Å²) >= 11 is 0. The second-order valence-corrected chi connectivity index (χ2v) is 6.24. The van der Waals surface area contributed by atoms with E-state index in [1.807, 2.05) is 0 Å². The van der Waals surface area contributed by atoms with E-state index >= 15 is 0 Å². The molecule has 22 heavy (non-hydrogen) atoms. The van der Waals surface area contributed by atoms with E-state index in [1.54, 1.807) is 24.3 Å². The average molecular weight is 320 g/mol. The third-order valence-electron chi connectivity index (χ3n) is 3.55. The van der Waals surface area contributed by atoms with Crippen LogP contribution in [0.2, 0.25) is 0 Å². The summed E-state index contributed by atoms with van der Waals surface area (Å²) in [7, 11) is -4.63. The lowest BCUT2D eigenvalue weighted by Crippen LogP contribution is -2.05. The lowest BCUT2D eigenvalue weighted by Gasteiger charge is -2.15. The number of phenolic OH excluding ortho intramolecular Hbond substituents is 2. The number of nitrogens with two attached hydrogens (primary N) is 2. The standard InChI is InChI=1S/C14H12N2O5S/c15-8-5-9(22(19,20)21)12(16)11-10(8)13(17)6-3-1-2-4-7(6)14(11)18/h1-5,17-18H,15-16H2,(H,19,20,21). The highest BCUT2D eigenvalue weighted by atomic mass is 32.2. The molecule has 7 nitrogen and oxygen atoms in total. The molecule has 0 aliphatic carbocycles. The molecule has 0 aromatic heterocycles. The van der Waals surface area contributed by atoms with Crippen LogP contribution in [0.3, 0.4) is 0 Å². The highest BCUT2D eigenvalue weighted by Crippen LogP contribution is 2.47. The third-order valence-corrected chi connectivity index (χ3v) is 4.44. The number of hydrogen-bond donors (Lipinski definition) is 5. The van der Waals surface area contributed by atoms with Gasteiger partial charge in [0.25, 0.3) is 10.1 Å². The zero-order chi connectivity index (χ0) is 16.2. The normalized spacial score (nSPS) is 12.0. The van der Waals surface area contributed by atoms with E-state index in [0.29, 0.717) is 5.39 Å². The van der Waals surface area contributed by atoms with Crippen LogP contribution in [0.5, 0.6) is 11.5 Å². The molecule has 8 heteroatoms. The van der Waals surface area contributed by atoms with Crippen LogP contribution >= 0.6 is 0 Å². The molecule has 0 heterocycles. The molecule has 114 valence electrons. The van der Waals surface area contributed by atoms with Crippen molar-refractivity contribution in [3.05, 3.63) is 30.3 Å². The molecule has 0 fully saturated rings. The highest BCUT2D eigenvalue weighted by Gasteiger charge is 2.23. The Morgan fingerprint density at radius 2 is 1.41 bits per heavy atom. The van der Waals surface area contributed by atoms with E-state index in [1.165, 1.54) is 0 Å². The summed E-state index contributed by atoms with van der Waals surface area (Å²) in [6.45, 7) is 0. The molecule has 0 aliphatic rings. The second kappa shape index (κ2) is 4.39. The zero-order valence-corrected chi connectivity index (χ0v) is 11.9. The number of nitrogen functional groups attached to an aromatic ring is 2. The van der Waals surface area contributed by atoms with Gasteiger partial charge >= 0.3 is 0 Å². The van der Waals surface area contributed by atoms with Gasteiger partial charge in [-0.15, -0.1) is 0 Å². The molecule has 0 atom stereocenters. The molecule has 3 aromatic rings. The minimum Gasteiger partial charge on any atom is -0.507 e. The highest BCUT2D eigenvalue weighted by molar-refractivity contribution is 7.86. The number of anilines is 2. The fraction of sp³-hybridized carbons (Fsp3) is 0. The first kappa shape index (κ1) is 14.2. The number of fused-ring (bicyclic) bond motifs is 2. The maximum Gasteiger partial charge on any atom is 0.296 e. The molecule has 0 unspecified atom stereocenters. The summed E-state index contributed by atoms with van der Waals surface area (Å²) < 4.78 is 32.0. The van der Waals surface area contributed by atoms with E-state index in [0.717, 1.165) is 6.07 Å². The van der Waals surface area contributed by atoms with Gasteiger partial charge in [-0.3, -0.25) is 4.55 Å². The third kappa shape index (κ3) is 1.81. The molecule has 0 radical (unpaired) electrons. The number of phenols is 2. The van der Waals surface area contributed by atoms with Crippen LogP contribution in [0.1, 0.15) is 0 Å². The summed E-state index contributed by atoms with van der Waals surface area (Å²) in [6, 6.07) is 7.37. The predicted octanol–water partition coefficient (Wildman–Crippen LogP) is 1.82. The van der Waals surface area contributed by atoms with Crippen molar-refractivity contribution in [2.45, 2.75) is 4.90 Å². The van der Waals surface area contributed by atoms with E-state index in [4.69, 9.17) is 11.5 Å². The van der Waals surface area contributed by atoms with E-state index in [-0.39, 0.29) is 39.0 Å². The van der Waals surface area contributed by atoms with Crippen LogP contribution in [-0.2, 0) is 10.1 Å². The predicted molar refractivity (Wildman–Crippen MR) is 83.4 cm³/mol. The Morgan fingerprint density at radius 3 is 1.91 bits per heavy atom. The van der Waals surface area contributed by atoms with Crippen molar-refractivity contribution in [2.24, 2.45) is 0 Å². The van der Waals surface area contributed by atoms with Crippen molar-refractivity contribution < 1.29 is 23.2 Å². The summed E-state index contributed by atoms with van der Waals surface area (Å²) in [5, 5.41) is 21.3. The topological polar surface area (TPSA) is 147 Å². The lowest BCUT2D eigenvalue weighted by molar-refractivity contribution is 0.478. The van der Waals surface area contributed by atoms with E-state index in [9.17, 15) is 23.2 Å². The Kier molecular flexibility index (Phi) is 2.84. The van der Waals surface area contributed by atoms with Gasteiger partial charge < -0.3 is 21.7 Å². The molecule has 0 bridgehead atoms. The lowest BCUT2D eigenvalue weighted by atomic mass is 9.98. The van der Waals surface area contributed by atoms with Gasteiger partial charge in [0, 0.05) is 16.5 Å². The first-order valence-corrected chi connectivity index (χ1v) is 7.59. The van der Waals surface area contributed by atoms with Gasteiger partial charge in [-0.05, 0) is 6.07 Å². The second-order valence-electron chi connectivity index (χ2n) is 4.85. The van der Waals surface area contributed by atoms with Gasteiger partial charge in [-0.25, -0.2) is 0 Å². The Hall–Kier alpha value is -2.71. The molecule has 0 saturated heterocycles. The van der Waals surface area contributed by atoms with Crippen LogP contribution < -0.4 is 11.5 Å². The van der Waals surface area contributed by atoms with Gasteiger partial charge in [0.05, 0.1) is 16.5 Å². The number of aromatic hydroxyl groups is 2. The smallest absolute Gasteiger partial charge is 0.296 e. The van der Waals surface area contributed by atoms with E-state index in [2.05, 4.69) is 0 Å². The zero-order valence-electron chi connectivity index (χ0n) is 11.1. The largest absolute Gasteiger partial charge is 0.507 e. The van der Waals surface area contributed by atoms with Crippen molar-refractivity contribution in [1.82, 2.24) is 0 Å². The average Bonchev–Trinajstić information content (AvgIpc) is 2.45. The molecule has 7 N–H and O–H groups in total. The van der Waals surface area contributed by atoms with Gasteiger partial charge in [0.1, 0.15) is 16.4 Å². The number of rotatable bonds is 1. The minimum atomic E-state index is -4.63. The van der Waals surface area contributed by atoms with Gasteiger partial charge in [0.15, 0.2) is 0 Å². The molecule has 0 aliphatic heterocycles. The van der Waals surface area contributed by atoms with Crippen LogP contribution in [0.15, 0.2) is 35.2 Å². The molecular formula is C14H12N2O5S. The Bertz CT molecular complexity index is 1040. The molecule has 0 spiro atoms. The van der Waals surface area contributed by atoms with Crippen molar-refractivity contribution in [2.75, 3.05) is 11.5 Å². The summed E-state index contributed by atoms with van der Waals surface area (Å²) in [6.07, 6.45) is 0. The quantitative estimate of drug-likeness (QED) is 0.199. The molecule has 3 rings (SSSR count). The maximum atomic E-state index is 11.4. The molecule has 0 amide bonds. The van der Waals surface area contributed by atoms with Crippen LogP contribution in [0.4, 0.5) is 11.4 Å². The molecular weight excluding hydrogens is 308 g/mol. The SMILES string of the molecule is Nc1cc(S(=O)(=O)O)c(N)c2c(O)c3ccccc3c(O)c12. The first-order chi connectivity index (χ1) is 10.2. The summed E-state index contributed by atoms with van der Waals surface area (Å²) in [5.74, 6) is -0.549. The number of hydrogen-bond acceptors (Lipinski definition) is 6. The fourth-order valence-electron chi connectivity index (χ4n) is 2.57. The fourth-order valence-corrected chi connectivity index (χ4v) is 3.23. The maximum absolute atomic E-state index is 11.4. The van der Waals surface area contributed by atoms with Gasteiger partial charge in [0.2, 0.25) is 0 Å². The Balaban J connectivity index is 2.69. The molecule has 0 saturated carbocycles. The Morgan fingerprint density at radius 1 is 0.909 bits per heavy atom. The van der Waals surface area contributed by atoms with E-state index < -0.39 is 15.0 Å². The van der Waals surface area contributed by atoms with Crippen molar-refractivity contribution >= 4 is 43.0 Å². The molecule has 3 aromatic carbocycles. The summed E-state index contributed by atoms with van der Waals surface area (Å²) in [4.78, 5) is -0.623. The first-order valence-electron chi connectivity index (χ1n) is 6.15. The monoisotopic (exact) mass is 320 g/mol. The van der Waals surface area contributed by atoms with Crippen LogP contribution in [-0.4, -0.2) is 23.2 Å². The minimum absolute atomic E-state index is 0.0288. The van der Waals surface area contributed by atoms with Gasteiger partial charge in [-0.2, -0.15) is 8.42 Å². The van der Waals surface area contributed by atoms with Crippen molar-refractivity contribution in [1.29, 1.82) is 0 Å². The van der Waals surface area contributed by atoms with Crippen molar-refractivity contribution in [3.8, 4) is 11.5 Å². The van der Waals surface area contributed by atoms with Crippen LogP contribution in [0.25, 0.3) is 21.5 Å². The summed E-state index contributed by atoms with van der Waals surface area (Å²) in [5.41, 5.74) is 11.0. The van der Waals surface area contributed by atoms with Gasteiger partial charge in [-0.1, -0.05) is 24.3 Å². The number of benzene rings is 3. The van der Waals surface area contributed by atoms with Crippen LogP contribution in [0, 0.1) is 0 Å². The van der Waals surface area contributed by atoms with Crippen molar-refractivity contribution in [3.63, 3.8) is 0 Å².